The van der Waals surface area contributed by atoms with Gasteiger partial charge in [0.1, 0.15) is 17.3 Å². The third-order valence-corrected chi connectivity index (χ3v) is 3.16. The molecule has 3 N–H and O–H groups in total. The van der Waals surface area contributed by atoms with Crippen LogP contribution < -0.4 is 11.1 Å². The monoisotopic (exact) mass is 285 g/mol. The average Bonchev–Trinajstić information content (AvgIpc) is 2.45. The Hall–Kier alpha value is -1.73. The predicted molar refractivity (Wildman–Crippen MR) is 70.4 cm³/mol. The number of carbonyl (C=O) groups is 1. The Kier molecular flexibility index (Phi) is 4.86. The van der Waals surface area contributed by atoms with Gasteiger partial charge in [0.25, 0.3) is 5.91 Å². The lowest BCUT2D eigenvalue weighted by Gasteiger charge is -2.26. The van der Waals surface area contributed by atoms with Crippen LogP contribution in [-0.2, 0) is 4.74 Å². The lowest BCUT2D eigenvalue weighted by atomic mass is 10.1. The van der Waals surface area contributed by atoms with Gasteiger partial charge in [-0.3, -0.25) is 9.69 Å². The highest BCUT2D eigenvalue weighted by Gasteiger charge is 2.14. The molecule has 1 fully saturated rings. The molecular weight excluding hydrogens is 268 g/mol. The van der Waals surface area contributed by atoms with Crippen LogP contribution in [0.2, 0.25) is 0 Å². The van der Waals surface area contributed by atoms with E-state index < -0.39 is 23.2 Å². The van der Waals surface area contributed by atoms with Crippen LogP contribution in [0.15, 0.2) is 12.1 Å². The van der Waals surface area contributed by atoms with Crippen LogP contribution in [0.1, 0.15) is 10.4 Å². The van der Waals surface area contributed by atoms with Crippen LogP contribution in [0.5, 0.6) is 0 Å². The molecule has 7 heteroatoms. The van der Waals surface area contributed by atoms with Gasteiger partial charge in [0.05, 0.1) is 13.2 Å². The highest BCUT2D eigenvalue weighted by molar-refractivity contribution is 5.94. The number of rotatable bonds is 4. The van der Waals surface area contributed by atoms with E-state index in [9.17, 15) is 13.6 Å². The smallest absolute Gasteiger partial charge is 0.251 e. The number of morpholine rings is 1. The molecule has 110 valence electrons. The highest BCUT2D eigenvalue weighted by atomic mass is 19.1. The third-order valence-electron chi connectivity index (χ3n) is 3.16. The molecule has 1 aliphatic heterocycles. The van der Waals surface area contributed by atoms with Crippen LogP contribution in [0.4, 0.5) is 14.5 Å². The maximum absolute atomic E-state index is 13.2. The van der Waals surface area contributed by atoms with E-state index in [1.807, 2.05) is 0 Å². The Bertz CT molecular complexity index is 467. The average molecular weight is 285 g/mol. The maximum Gasteiger partial charge on any atom is 0.251 e. The van der Waals surface area contributed by atoms with Crippen molar-refractivity contribution < 1.29 is 18.3 Å². The summed E-state index contributed by atoms with van der Waals surface area (Å²) in [5.41, 5.74) is 4.50. The molecular formula is C13H17F2N3O2. The molecule has 0 aromatic heterocycles. The van der Waals surface area contributed by atoms with Crippen molar-refractivity contribution in [1.29, 1.82) is 0 Å². The molecule has 0 aliphatic carbocycles. The molecule has 1 aliphatic rings. The second-order valence-electron chi connectivity index (χ2n) is 4.56. The van der Waals surface area contributed by atoms with E-state index >= 15 is 0 Å². The van der Waals surface area contributed by atoms with Crippen molar-refractivity contribution in [3.05, 3.63) is 29.3 Å². The number of anilines is 1. The summed E-state index contributed by atoms with van der Waals surface area (Å²) in [4.78, 5) is 13.9. The first-order valence-electron chi connectivity index (χ1n) is 6.41. The van der Waals surface area contributed by atoms with Crippen LogP contribution in [0.25, 0.3) is 0 Å². The molecule has 1 heterocycles. The van der Waals surface area contributed by atoms with Gasteiger partial charge in [0.2, 0.25) is 0 Å². The Labute approximate surface area is 115 Å². The zero-order chi connectivity index (χ0) is 14.5. The summed E-state index contributed by atoms with van der Waals surface area (Å²) in [6, 6.07) is 1.87. The molecule has 20 heavy (non-hydrogen) atoms. The van der Waals surface area contributed by atoms with Crippen LogP contribution in [0.3, 0.4) is 0 Å². The number of amides is 1. The summed E-state index contributed by atoms with van der Waals surface area (Å²) >= 11 is 0. The number of nitrogens with one attached hydrogen (secondary N) is 1. The Morgan fingerprint density at radius 3 is 2.50 bits per heavy atom. The van der Waals surface area contributed by atoms with Crippen molar-refractivity contribution in [3.63, 3.8) is 0 Å². The summed E-state index contributed by atoms with van der Waals surface area (Å²) in [6.45, 7) is 4.09. The second kappa shape index (κ2) is 6.62. The minimum Gasteiger partial charge on any atom is -0.394 e. The molecule has 5 nitrogen and oxygen atoms in total. The summed E-state index contributed by atoms with van der Waals surface area (Å²) in [5.74, 6) is -2.37. The zero-order valence-electron chi connectivity index (χ0n) is 11.0. The minimum atomic E-state index is -0.927. The van der Waals surface area contributed by atoms with Crippen molar-refractivity contribution in [2.45, 2.75) is 0 Å². The number of benzene rings is 1. The fourth-order valence-corrected chi connectivity index (χ4v) is 1.97. The summed E-state index contributed by atoms with van der Waals surface area (Å²) in [6.07, 6.45) is 0. The van der Waals surface area contributed by atoms with E-state index in [-0.39, 0.29) is 5.56 Å². The van der Waals surface area contributed by atoms with E-state index in [2.05, 4.69) is 10.2 Å². The van der Waals surface area contributed by atoms with E-state index in [1.165, 1.54) is 0 Å². The second-order valence-corrected chi connectivity index (χ2v) is 4.56. The predicted octanol–water partition coefficient (Wildman–Crippen LogP) is 0.609. The zero-order valence-corrected chi connectivity index (χ0v) is 11.0. The minimum absolute atomic E-state index is 0.0730. The molecule has 2 rings (SSSR count). The topological polar surface area (TPSA) is 67.6 Å². The lowest BCUT2D eigenvalue weighted by Crippen LogP contribution is -2.41. The van der Waals surface area contributed by atoms with Gasteiger partial charge in [-0.25, -0.2) is 8.78 Å². The SMILES string of the molecule is Nc1c(F)cc(C(=O)NCCN2CCOCC2)cc1F. The van der Waals surface area contributed by atoms with Gasteiger partial charge in [-0.1, -0.05) is 0 Å². The summed E-state index contributed by atoms with van der Waals surface area (Å²) in [7, 11) is 0. The number of nitrogens with two attached hydrogens (primary N) is 1. The van der Waals surface area contributed by atoms with Gasteiger partial charge in [-0.15, -0.1) is 0 Å². The highest BCUT2D eigenvalue weighted by Crippen LogP contribution is 2.17. The van der Waals surface area contributed by atoms with E-state index in [1.54, 1.807) is 0 Å². The Morgan fingerprint density at radius 2 is 1.90 bits per heavy atom. The van der Waals surface area contributed by atoms with Crippen molar-refractivity contribution in [3.8, 4) is 0 Å². The molecule has 0 bridgehead atoms. The molecule has 1 aromatic carbocycles. The maximum atomic E-state index is 13.2. The van der Waals surface area contributed by atoms with Crippen LogP contribution >= 0.6 is 0 Å². The summed E-state index contributed by atoms with van der Waals surface area (Å²) < 4.78 is 31.7. The Balaban J connectivity index is 1.85. The number of hydrogen-bond acceptors (Lipinski definition) is 4. The van der Waals surface area contributed by atoms with Crippen molar-refractivity contribution in [1.82, 2.24) is 10.2 Å². The van der Waals surface area contributed by atoms with Crippen molar-refractivity contribution in [2.24, 2.45) is 0 Å². The fourth-order valence-electron chi connectivity index (χ4n) is 1.97. The summed E-state index contributed by atoms with van der Waals surface area (Å²) in [5, 5.41) is 2.62. The van der Waals surface area contributed by atoms with Crippen molar-refractivity contribution in [2.75, 3.05) is 45.1 Å². The largest absolute Gasteiger partial charge is 0.394 e. The normalized spacial score (nSPS) is 16.1. The van der Waals surface area contributed by atoms with Gasteiger partial charge in [-0.05, 0) is 12.1 Å². The number of nitrogens with zero attached hydrogens (tertiary/aromatic N) is 1. The van der Waals surface area contributed by atoms with Crippen LogP contribution in [-0.4, -0.2) is 50.2 Å². The van der Waals surface area contributed by atoms with Gasteiger partial charge < -0.3 is 15.8 Å². The lowest BCUT2D eigenvalue weighted by molar-refractivity contribution is 0.0383. The van der Waals surface area contributed by atoms with E-state index in [0.717, 1.165) is 25.2 Å². The van der Waals surface area contributed by atoms with Gasteiger partial charge >= 0.3 is 0 Å². The van der Waals surface area contributed by atoms with Gasteiger partial charge in [-0.2, -0.15) is 0 Å². The van der Waals surface area contributed by atoms with E-state index in [4.69, 9.17) is 10.5 Å². The van der Waals surface area contributed by atoms with Gasteiger partial charge in [0, 0.05) is 31.7 Å². The number of ether oxygens (including phenoxy) is 1. The first-order valence-corrected chi connectivity index (χ1v) is 6.41. The number of nitrogen functional groups attached to an aromatic ring is 1. The first kappa shape index (κ1) is 14.7. The number of halogens is 2. The molecule has 1 saturated heterocycles. The fraction of sp³-hybridized carbons (Fsp3) is 0.462. The molecule has 0 saturated carbocycles. The molecule has 0 unspecified atom stereocenters. The quantitative estimate of drug-likeness (QED) is 0.795. The standard InChI is InChI=1S/C13H17F2N3O2/c14-10-7-9(8-11(15)12(10)16)13(19)17-1-2-18-3-5-20-6-4-18/h7-8H,1-6,16H2,(H,17,19). The molecule has 1 aromatic rings. The van der Waals surface area contributed by atoms with Crippen LogP contribution in [0, 0.1) is 11.6 Å². The molecule has 0 atom stereocenters. The number of carbonyl (C=O) groups excluding carboxylic acids is 1. The Morgan fingerprint density at radius 1 is 1.30 bits per heavy atom. The van der Waals surface area contributed by atoms with E-state index in [0.29, 0.717) is 26.3 Å². The third kappa shape index (κ3) is 3.64. The molecule has 0 spiro atoms. The molecule has 1 amide bonds. The molecule has 0 radical (unpaired) electrons. The first-order chi connectivity index (χ1) is 9.58. The van der Waals surface area contributed by atoms with Crippen molar-refractivity contribution >= 4 is 11.6 Å². The number of hydrogen-bond donors (Lipinski definition) is 2. The van der Waals surface area contributed by atoms with Gasteiger partial charge in [0.15, 0.2) is 0 Å².